The first-order chi connectivity index (χ1) is 7.61. The van der Waals surface area contributed by atoms with Crippen molar-refractivity contribution in [1.82, 2.24) is 10.2 Å². The standard InChI is InChI=1S/C11H18N2O3/c1-2-7-5-9(7)12-11(16)13-4-3-8(6-13)10(14)15/h7-9H,2-6H2,1H3,(H,12,16)(H,14,15). The molecule has 2 fully saturated rings. The molecule has 2 rings (SSSR count). The number of nitrogens with zero attached hydrogens (tertiary/aromatic N) is 1. The van der Waals surface area contributed by atoms with Crippen molar-refractivity contribution in [2.24, 2.45) is 11.8 Å². The van der Waals surface area contributed by atoms with E-state index < -0.39 is 5.97 Å². The highest BCUT2D eigenvalue weighted by Gasteiger charge is 2.39. The van der Waals surface area contributed by atoms with Crippen LogP contribution in [0.15, 0.2) is 0 Å². The van der Waals surface area contributed by atoms with E-state index in [-0.39, 0.29) is 11.9 Å². The SMILES string of the molecule is CCC1CC1NC(=O)N1CCC(C(=O)O)C1. The Bertz CT molecular complexity index is 306. The van der Waals surface area contributed by atoms with E-state index in [1.165, 1.54) is 0 Å². The third kappa shape index (κ3) is 2.28. The monoisotopic (exact) mass is 226 g/mol. The second-order valence-corrected chi connectivity index (χ2v) is 4.73. The third-order valence-electron chi connectivity index (χ3n) is 3.58. The molecule has 2 N–H and O–H groups in total. The maximum Gasteiger partial charge on any atom is 0.317 e. The topological polar surface area (TPSA) is 69.6 Å². The first-order valence-electron chi connectivity index (χ1n) is 5.90. The number of carbonyl (C=O) groups is 2. The molecule has 1 aliphatic carbocycles. The van der Waals surface area contributed by atoms with Crippen molar-refractivity contribution in [3.05, 3.63) is 0 Å². The molecular formula is C11H18N2O3. The fourth-order valence-corrected chi connectivity index (χ4v) is 2.27. The van der Waals surface area contributed by atoms with Crippen LogP contribution in [0.1, 0.15) is 26.2 Å². The number of nitrogens with one attached hydrogen (secondary N) is 1. The van der Waals surface area contributed by atoms with Crippen molar-refractivity contribution in [3.63, 3.8) is 0 Å². The molecule has 0 bridgehead atoms. The minimum Gasteiger partial charge on any atom is -0.481 e. The maximum atomic E-state index is 11.7. The molecule has 1 aliphatic heterocycles. The average Bonchev–Trinajstić information content (AvgIpc) is 2.80. The van der Waals surface area contributed by atoms with Crippen LogP contribution in [-0.4, -0.2) is 41.1 Å². The van der Waals surface area contributed by atoms with E-state index in [9.17, 15) is 9.59 Å². The van der Waals surface area contributed by atoms with Crippen LogP contribution in [0.3, 0.4) is 0 Å². The lowest BCUT2D eigenvalue weighted by Crippen LogP contribution is -2.40. The number of likely N-dealkylation sites (tertiary alicyclic amines) is 1. The van der Waals surface area contributed by atoms with Gasteiger partial charge < -0.3 is 15.3 Å². The molecule has 5 nitrogen and oxygen atoms in total. The van der Waals surface area contributed by atoms with E-state index in [4.69, 9.17) is 5.11 Å². The Balaban J connectivity index is 1.77. The summed E-state index contributed by atoms with van der Waals surface area (Å²) in [6.45, 7) is 3.03. The van der Waals surface area contributed by atoms with Crippen molar-refractivity contribution in [1.29, 1.82) is 0 Å². The van der Waals surface area contributed by atoms with Gasteiger partial charge in [0.2, 0.25) is 0 Å². The summed E-state index contributed by atoms with van der Waals surface area (Å²) in [5, 5.41) is 11.8. The fourth-order valence-electron chi connectivity index (χ4n) is 2.27. The summed E-state index contributed by atoms with van der Waals surface area (Å²) in [5.74, 6) is -0.554. The summed E-state index contributed by atoms with van der Waals surface area (Å²) in [7, 11) is 0. The van der Waals surface area contributed by atoms with Crippen LogP contribution in [0.5, 0.6) is 0 Å². The first-order valence-corrected chi connectivity index (χ1v) is 5.90. The average molecular weight is 226 g/mol. The molecule has 0 aromatic rings. The number of hydrogen-bond donors (Lipinski definition) is 2. The molecule has 0 spiro atoms. The Kier molecular flexibility index (Phi) is 3.03. The van der Waals surface area contributed by atoms with Crippen LogP contribution >= 0.6 is 0 Å². The molecular weight excluding hydrogens is 208 g/mol. The number of carboxylic acid groups (broad SMARTS) is 1. The fraction of sp³-hybridized carbons (Fsp3) is 0.818. The van der Waals surface area contributed by atoms with Crippen molar-refractivity contribution in [3.8, 4) is 0 Å². The molecule has 16 heavy (non-hydrogen) atoms. The molecule has 1 saturated heterocycles. The highest BCUT2D eigenvalue weighted by molar-refractivity contribution is 5.77. The number of urea groups is 1. The van der Waals surface area contributed by atoms with Crippen molar-refractivity contribution < 1.29 is 14.7 Å². The van der Waals surface area contributed by atoms with E-state index in [0.717, 1.165) is 12.8 Å². The number of rotatable bonds is 3. The van der Waals surface area contributed by atoms with Crippen LogP contribution in [0, 0.1) is 11.8 Å². The van der Waals surface area contributed by atoms with Gasteiger partial charge in [0.25, 0.3) is 0 Å². The van der Waals surface area contributed by atoms with Gasteiger partial charge >= 0.3 is 12.0 Å². The normalized spacial score (nSPS) is 32.6. The summed E-state index contributed by atoms with van der Waals surface area (Å²) < 4.78 is 0. The second kappa shape index (κ2) is 4.31. The van der Waals surface area contributed by atoms with E-state index >= 15 is 0 Å². The molecule has 2 aliphatic rings. The van der Waals surface area contributed by atoms with Crippen LogP contribution in [-0.2, 0) is 4.79 Å². The van der Waals surface area contributed by atoms with Gasteiger partial charge in [-0.05, 0) is 18.8 Å². The number of carbonyl (C=O) groups excluding carboxylic acids is 1. The van der Waals surface area contributed by atoms with Gasteiger partial charge in [-0.15, -0.1) is 0 Å². The van der Waals surface area contributed by atoms with Gasteiger partial charge in [0.15, 0.2) is 0 Å². The van der Waals surface area contributed by atoms with Crippen LogP contribution in [0.25, 0.3) is 0 Å². The Labute approximate surface area is 94.8 Å². The Morgan fingerprint density at radius 3 is 2.75 bits per heavy atom. The zero-order chi connectivity index (χ0) is 11.7. The zero-order valence-electron chi connectivity index (χ0n) is 9.48. The van der Waals surface area contributed by atoms with Gasteiger partial charge in [-0.25, -0.2) is 4.79 Å². The predicted octanol–water partition coefficient (Wildman–Crippen LogP) is 0.901. The molecule has 2 amide bonds. The number of aliphatic carboxylic acids is 1. The van der Waals surface area contributed by atoms with E-state index in [1.54, 1.807) is 4.90 Å². The Morgan fingerprint density at radius 2 is 2.25 bits per heavy atom. The lowest BCUT2D eigenvalue weighted by atomic mass is 10.1. The summed E-state index contributed by atoms with van der Waals surface area (Å²) in [4.78, 5) is 24.1. The third-order valence-corrected chi connectivity index (χ3v) is 3.58. The lowest BCUT2D eigenvalue weighted by Gasteiger charge is -2.16. The summed E-state index contributed by atoms with van der Waals surface area (Å²) >= 11 is 0. The van der Waals surface area contributed by atoms with E-state index in [1.807, 2.05) is 0 Å². The van der Waals surface area contributed by atoms with Gasteiger partial charge in [0.1, 0.15) is 0 Å². The van der Waals surface area contributed by atoms with Gasteiger partial charge in [-0.3, -0.25) is 4.79 Å². The zero-order valence-corrected chi connectivity index (χ0v) is 9.48. The Hall–Kier alpha value is -1.26. The minimum absolute atomic E-state index is 0.0929. The predicted molar refractivity (Wildman–Crippen MR) is 58.0 cm³/mol. The molecule has 1 heterocycles. The smallest absolute Gasteiger partial charge is 0.317 e. The number of carboxylic acids is 1. The van der Waals surface area contributed by atoms with Gasteiger partial charge in [0.05, 0.1) is 5.92 Å². The largest absolute Gasteiger partial charge is 0.481 e. The molecule has 3 unspecified atom stereocenters. The molecule has 0 aromatic carbocycles. The van der Waals surface area contributed by atoms with Gasteiger partial charge in [0, 0.05) is 19.1 Å². The highest BCUT2D eigenvalue weighted by atomic mass is 16.4. The quantitative estimate of drug-likeness (QED) is 0.751. The first kappa shape index (κ1) is 11.2. The van der Waals surface area contributed by atoms with E-state index in [0.29, 0.717) is 31.5 Å². The molecule has 5 heteroatoms. The summed E-state index contributed by atoms with van der Waals surface area (Å²) in [5.41, 5.74) is 0. The molecule has 90 valence electrons. The molecule has 1 saturated carbocycles. The maximum absolute atomic E-state index is 11.7. The minimum atomic E-state index is -0.798. The van der Waals surface area contributed by atoms with Gasteiger partial charge in [-0.2, -0.15) is 0 Å². The van der Waals surface area contributed by atoms with Crippen LogP contribution in [0.2, 0.25) is 0 Å². The summed E-state index contributed by atoms with van der Waals surface area (Å²) in [6.07, 6.45) is 2.74. The second-order valence-electron chi connectivity index (χ2n) is 4.73. The molecule has 0 aromatic heterocycles. The van der Waals surface area contributed by atoms with E-state index in [2.05, 4.69) is 12.2 Å². The highest BCUT2D eigenvalue weighted by Crippen LogP contribution is 2.33. The van der Waals surface area contributed by atoms with Crippen LogP contribution < -0.4 is 5.32 Å². The summed E-state index contributed by atoms with van der Waals surface area (Å²) in [6, 6.07) is 0.228. The Morgan fingerprint density at radius 1 is 1.50 bits per heavy atom. The van der Waals surface area contributed by atoms with Crippen molar-refractivity contribution in [2.45, 2.75) is 32.2 Å². The van der Waals surface area contributed by atoms with Gasteiger partial charge in [-0.1, -0.05) is 13.3 Å². The number of amides is 2. The molecule has 0 radical (unpaired) electrons. The van der Waals surface area contributed by atoms with Crippen molar-refractivity contribution >= 4 is 12.0 Å². The number of hydrogen-bond acceptors (Lipinski definition) is 2. The van der Waals surface area contributed by atoms with Crippen molar-refractivity contribution in [2.75, 3.05) is 13.1 Å². The van der Waals surface area contributed by atoms with Crippen LogP contribution in [0.4, 0.5) is 4.79 Å². The lowest BCUT2D eigenvalue weighted by molar-refractivity contribution is -0.141. The molecule has 3 atom stereocenters.